The molecule has 0 amide bonds. The summed E-state index contributed by atoms with van der Waals surface area (Å²) in [5.41, 5.74) is -0.552. The molecular formula is C11H16F3N3O. The number of halogens is 3. The van der Waals surface area contributed by atoms with Crippen LogP contribution in [-0.4, -0.2) is 23.2 Å². The molecule has 0 spiro atoms. The summed E-state index contributed by atoms with van der Waals surface area (Å²) in [6, 6.07) is 0. The maximum Gasteiger partial charge on any atom is 0.455 e. The van der Waals surface area contributed by atoms with E-state index in [1.54, 1.807) is 0 Å². The van der Waals surface area contributed by atoms with Gasteiger partial charge in [-0.25, -0.2) is 0 Å². The Balaban J connectivity index is 2.21. The van der Waals surface area contributed by atoms with Crippen molar-refractivity contribution in [1.29, 1.82) is 0 Å². The number of rotatable bonds is 2. The summed E-state index contributed by atoms with van der Waals surface area (Å²) in [5, 5.41) is 6.25. The first-order valence-electron chi connectivity index (χ1n) is 5.94. The van der Waals surface area contributed by atoms with E-state index >= 15 is 0 Å². The molecule has 2 heterocycles. The maximum absolute atomic E-state index is 12.4. The molecule has 1 fully saturated rings. The normalized spacial score (nSPS) is 22.2. The van der Waals surface area contributed by atoms with Gasteiger partial charge >= 0.3 is 6.18 Å². The van der Waals surface area contributed by atoms with Crippen molar-refractivity contribution in [3.8, 4) is 0 Å². The van der Waals surface area contributed by atoms with Crippen molar-refractivity contribution in [2.45, 2.75) is 38.3 Å². The summed E-state index contributed by atoms with van der Waals surface area (Å²) in [5.74, 6) is -0.939. The topological polar surface area (TPSA) is 51.0 Å². The highest BCUT2D eigenvalue weighted by atomic mass is 19.4. The summed E-state index contributed by atoms with van der Waals surface area (Å²) in [4.78, 5) is 3.50. The van der Waals surface area contributed by atoms with Crippen LogP contribution in [0.2, 0.25) is 0 Å². The van der Waals surface area contributed by atoms with Crippen LogP contribution in [0.4, 0.5) is 13.2 Å². The smallest absolute Gasteiger partial charge is 0.338 e. The van der Waals surface area contributed by atoms with Crippen LogP contribution in [0.25, 0.3) is 0 Å². The number of hydrogen-bond acceptors (Lipinski definition) is 4. The summed E-state index contributed by atoms with van der Waals surface area (Å²) in [7, 11) is 0. The van der Waals surface area contributed by atoms with Crippen molar-refractivity contribution in [3.63, 3.8) is 0 Å². The highest BCUT2D eigenvalue weighted by Gasteiger charge is 2.42. The first kappa shape index (κ1) is 13.3. The standard InChI is InChI=1S/C11H16F3N3O/c1-10(2,7-4-3-5-15-6-7)9-16-8(17-18-9)11(12,13)14/h7,15H,3-6H2,1-2H3. The Labute approximate surface area is 103 Å². The molecule has 1 atom stereocenters. The van der Waals surface area contributed by atoms with Crippen LogP contribution < -0.4 is 5.32 Å². The first-order chi connectivity index (χ1) is 8.32. The second-order valence-corrected chi connectivity index (χ2v) is 5.19. The Morgan fingerprint density at radius 3 is 2.56 bits per heavy atom. The van der Waals surface area contributed by atoms with Gasteiger partial charge < -0.3 is 9.84 Å². The predicted octanol–water partition coefficient (Wildman–Crippen LogP) is 2.37. The molecule has 18 heavy (non-hydrogen) atoms. The van der Waals surface area contributed by atoms with E-state index in [2.05, 4.69) is 15.5 Å². The Morgan fingerprint density at radius 2 is 2.06 bits per heavy atom. The molecule has 1 aromatic heterocycles. The van der Waals surface area contributed by atoms with Crippen LogP contribution in [0.15, 0.2) is 4.52 Å². The monoisotopic (exact) mass is 263 g/mol. The van der Waals surface area contributed by atoms with Crippen molar-refractivity contribution >= 4 is 0 Å². The van der Waals surface area contributed by atoms with Gasteiger partial charge in [0.05, 0.1) is 0 Å². The van der Waals surface area contributed by atoms with Crippen molar-refractivity contribution in [2.75, 3.05) is 13.1 Å². The van der Waals surface area contributed by atoms with Gasteiger partial charge in [0.1, 0.15) is 0 Å². The molecule has 0 aliphatic carbocycles. The molecule has 1 aliphatic rings. The van der Waals surface area contributed by atoms with Crippen LogP contribution in [0.1, 0.15) is 38.4 Å². The van der Waals surface area contributed by atoms with E-state index in [-0.39, 0.29) is 11.8 Å². The summed E-state index contributed by atoms with van der Waals surface area (Å²) < 4.78 is 42.1. The SMILES string of the molecule is CC(C)(c1nc(C(F)(F)F)no1)C1CCCNC1. The molecule has 1 unspecified atom stereocenters. The van der Waals surface area contributed by atoms with Crippen LogP contribution in [0, 0.1) is 5.92 Å². The lowest BCUT2D eigenvalue weighted by Crippen LogP contribution is -2.41. The number of alkyl halides is 3. The molecule has 0 saturated carbocycles. The zero-order valence-corrected chi connectivity index (χ0v) is 10.3. The van der Waals surface area contributed by atoms with Crippen molar-refractivity contribution in [2.24, 2.45) is 5.92 Å². The first-order valence-corrected chi connectivity index (χ1v) is 5.94. The highest BCUT2D eigenvalue weighted by molar-refractivity contribution is 5.06. The third kappa shape index (κ3) is 2.50. The number of aromatic nitrogens is 2. The van der Waals surface area contributed by atoms with E-state index in [0.717, 1.165) is 25.9 Å². The number of nitrogens with one attached hydrogen (secondary N) is 1. The number of nitrogens with zero attached hydrogens (tertiary/aromatic N) is 2. The lowest BCUT2D eigenvalue weighted by atomic mass is 9.75. The average Bonchev–Trinajstić information content (AvgIpc) is 2.79. The second-order valence-electron chi connectivity index (χ2n) is 5.19. The highest BCUT2D eigenvalue weighted by Crippen LogP contribution is 2.36. The molecule has 1 aliphatic heterocycles. The third-order valence-corrected chi connectivity index (χ3v) is 3.55. The summed E-state index contributed by atoms with van der Waals surface area (Å²) in [6.07, 6.45) is -2.60. The molecule has 1 saturated heterocycles. The minimum Gasteiger partial charge on any atom is -0.338 e. The lowest BCUT2D eigenvalue weighted by molar-refractivity contribution is -0.146. The molecule has 0 aromatic carbocycles. The van der Waals surface area contributed by atoms with Crippen molar-refractivity contribution in [3.05, 3.63) is 11.7 Å². The van der Waals surface area contributed by atoms with Crippen LogP contribution >= 0.6 is 0 Å². The maximum atomic E-state index is 12.4. The fourth-order valence-corrected chi connectivity index (χ4v) is 2.24. The fraction of sp³-hybridized carbons (Fsp3) is 0.818. The quantitative estimate of drug-likeness (QED) is 0.890. The van der Waals surface area contributed by atoms with Crippen molar-refractivity contribution in [1.82, 2.24) is 15.5 Å². The van der Waals surface area contributed by atoms with Crippen LogP contribution in [-0.2, 0) is 11.6 Å². The van der Waals surface area contributed by atoms with Gasteiger partial charge in [-0.2, -0.15) is 18.2 Å². The van der Waals surface area contributed by atoms with E-state index in [1.165, 1.54) is 0 Å². The molecule has 1 aromatic rings. The zero-order chi connectivity index (χ0) is 13.4. The minimum absolute atomic E-state index is 0.0588. The molecule has 102 valence electrons. The van der Waals surface area contributed by atoms with Crippen LogP contribution in [0.5, 0.6) is 0 Å². The second kappa shape index (κ2) is 4.53. The predicted molar refractivity (Wildman–Crippen MR) is 57.9 cm³/mol. The Kier molecular flexibility index (Phi) is 3.35. The van der Waals surface area contributed by atoms with Gasteiger partial charge in [-0.1, -0.05) is 19.0 Å². The average molecular weight is 263 g/mol. The fourth-order valence-electron chi connectivity index (χ4n) is 2.24. The summed E-state index contributed by atoms with van der Waals surface area (Å²) >= 11 is 0. The van der Waals surface area contributed by atoms with Gasteiger partial charge in [0, 0.05) is 5.41 Å². The Hall–Kier alpha value is -1.11. The summed E-state index contributed by atoms with van der Waals surface area (Å²) in [6.45, 7) is 5.40. The zero-order valence-electron chi connectivity index (χ0n) is 10.3. The molecular weight excluding hydrogens is 247 g/mol. The molecule has 4 nitrogen and oxygen atoms in total. The Morgan fingerprint density at radius 1 is 1.33 bits per heavy atom. The molecule has 7 heteroatoms. The molecule has 2 rings (SSSR count). The minimum atomic E-state index is -4.55. The van der Waals surface area contributed by atoms with Gasteiger partial charge in [-0.15, -0.1) is 0 Å². The van der Waals surface area contributed by atoms with Crippen LogP contribution in [0.3, 0.4) is 0 Å². The third-order valence-electron chi connectivity index (χ3n) is 3.55. The largest absolute Gasteiger partial charge is 0.455 e. The number of hydrogen-bond donors (Lipinski definition) is 1. The lowest BCUT2D eigenvalue weighted by Gasteiger charge is -2.34. The van der Waals surface area contributed by atoms with E-state index in [0.29, 0.717) is 0 Å². The van der Waals surface area contributed by atoms with Gasteiger partial charge in [-0.3, -0.25) is 0 Å². The molecule has 0 bridgehead atoms. The van der Waals surface area contributed by atoms with Gasteiger partial charge in [0.25, 0.3) is 5.82 Å². The van der Waals surface area contributed by atoms with Gasteiger partial charge in [-0.05, 0) is 31.8 Å². The molecule has 0 radical (unpaired) electrons. The van der Waals surface area contributed by atoms with E-state index in [9.17, 15) is 13.2 Å². The van der Waals surface area contributed by atoms with Gasteiger partial charge in [0.2, 0.25) is 5.89 Å². The Bertz CT molecular complexity index is 408. The van der Waals surface area contributed by atoms with E-state index in [1.807, 2.05) is 13.8 Å². The van der Waals surface area contributed by atoms with Gasteiger partial charge in [0.15, 0.2) is 0 Å². The van der Waals surface area contributed by atoms with E-state index in [4.69, 9.17) is 4.52 Å². The number of piperidine rings is 1. The van der Waals surface area contributed by atoms with E-state index < -0.39 is 17.4 Å². The molecule has 1 N–H and O–H groups in total. The van der Waals surface area contributed by atoms with Crippen molar-refractivity contribution < 1.29 is 17.7 Å².